The van der Waals surface area contributed by atoms with Crippen molar-refractivity contribution >= 4 is 17.7 Å². The van der Waals surface area contributed by atoms with E-state index in [1.807, 2.05) is 0 Å². The molecule has 0 amide bonds. The number of hydrogen-bond donors (Lipinski definition) is 1. The molecule has 6 heteroatoms. The third kappa shape index (κ3) is 2.35. The second-order valence-electron chi connectivity index (χ2n) is 3.83. The normalized spacial score (nSPS) is 23.2. The Labute approximate surface area is 97.4 Å². The number of carbonyl (C=O) groups excluding carboxylic acids is 1. The number of furan rings is 1. The van der Waals surface area contributed by atoms with Gasteiger partial charge in [-0.25, -0.2) is 0 Å². The molecule has 1 aliphatic carbocycles. The van der Waals surface area contributed by atoms with Gasteiger partial charge in [0.2, 0.25) is 12.3 Å². The maximum atomic E-state index is 11.7. The molecular weight excluding hydrogens is 224 g/mol. The van der Waals surface area contributed by atoms with Gasteiger partial charge in [0.25, 0.3) is 5.78 Å². The Bertz CT molecular complexity index is 462. The Morgan fingerprint density at radius 1 is 1.71 bits per heavy atom. The fourth-order valence-corrected chi connectivity index (χ4v) is 1.89. The third-order valence-corrected chi connectivity index (χ3v) is 2.74. The first kappa shape index (κ1) is 11.4. The van der Waals surface area contributed by atoms with Gasteiger partial charge in [0.15, 0.2) is 5.76 Å². The van der Waals surface area contributed by atoms with Crippen molar-refractivity contribution in [3.05, 3.63) is 29.4 Å². The van der Waals surface area contributed by atoms with Crippen LogP contribution in [0.3, 0.4) is 0 Å². The Hall–Kier alpha value is -2.11. The number of hydrogen-bond acceptors (Lipinski definition) is 5. The predicted molar refractivity (Wildman–Crippen MR) is 59.6 cm³/mol. The van der Waals surface area contributed by atoms with Crippen molar-refractivity contribution in [1.82, 2.24) is 0 Å². The lowest BCUT2D eigenvalue weighted by molar-refractivity contribution is -0.474. The molecule has 0 aliphatic heterocycles. The molecule has 1 atom stereocenters. The summed E-state index contributed by atoms with van der Waals surface area (Å²) in [7, 11) is 0. The molecule has 1 fully saturated rings. The van der Waals surface area contributed by atoms with Gasteiger partial charge in [-0.1, -0.05) is 5.16 Å². The quantitative estimate of drug-likeness (QED) is 0.215. The van der Waals surface area contributed by atoms with Crippen LogP contribution < -0.4 is 0 Å². The van der Waals surface area contributed by atoms with Crippen molar-refractivity contribution in [3.63, 3.8) is 0 Å². The Balaban J connectivity index is 2.14. The molecule has 0 bridgehead atoms. The largest absolute Gasteiger partial charge is 0.623 e. The maximum Gasteiger partial charge on any atom is 0.284 e. The van der Waals surface area contributed by atoms with Crippen molar-refractivity contribution in [3.8, 4) is 0 Å². The summed E-state index contributed by atoms with van der Waals surface area (Å²) in [5.74, 6) is -0.375. The van der Waals surface area contributed by atoms with Crippen molar-refractivity contribution < 1.29 is 19.2 Å². The average Bonchev–Trinajstić information content (AvgIpc) is 2.99. The molecule has 0 spiro atoms. The van der Waals surface area contributed by atoms with Crippen LogP contribution in [0.2, 0.25) is 0 Å². The van der Waals surface area contributed by atoms with E-state index < -0.39 is 11.8 Å². The third-order valence-electron chi connectivity index (χ3n) is 2.74. The molecule has 0 saturated heterocycles. The highest BCUT2D eigenvalue weighted by Crippen LogP contribution is 2.18. The molecule has 1 saturated carbocycles. The first-order valence-corrected chi connectivity index (χ1v) is 5.31. The van der Waals surface area contributed by atoms with Crippen LogP contribution in [0, 0.1) is 5.21 Å². The zero-order valence-corrected chi connectivity index (χ0v) is 9.07. The summed E-state index contributed by atoms with van der Waals surface area (Å²) in [6, 6.07) is 2.52. The number of nitrogens with zero attached hydrogens (tertiary/aromatic N) is 2. The molecule has 0 aromatic carbocycles. The highest BCUT2D eigenvalue weighted by atomic mass is 16.5. The van der Waals surface area contributed by atoms with Gasteiger partial charge in [0, 0.05) is 6.42 Å². The molecular formula is C11H12N2O4. The smallest absolute Gasteiger partial charge is 0.284 e. The second-order valence-corrected chi connectivity index (χ2v) is 3.83. The van der Waals surface area contributed by atoms with E-state index in [-0.39, 0.29) is 5.76 Å². The van der Waals surface area contributed by atoms with E-state index in [1.54, 1.807) is 6.07 Å². The number of oxime groups is 1. The molecule has 1 N–H and O–H groups in total. The molecule has 1 aromatic rings. The van der Waals surface area contributed by atoms with E-state index >= 15 is 0 Å². The topological polar surface area (TPSA) is 88.9 Å². The minimum atomic E-state index is -0.543. The first-order chi connectivity index (χ1) is 8.22. The summed E-state index contributed by atoms with van der Waals surface area (Å²) >= 11 is 0. The fourth-order valence-electron chi connectivity index (χ4n) is 1.89. The van der Waals surface area contributed by atoms with E-state index in [2.05, 4.69) is 5.16 Å². The maximum absolute atomic E-state index is 11.7. The van der Waals surface area contributed by atoms with E-state index in [0.29, 0.717) is 23.3 Å². The van der Waals surface area contributed by atoms with Gasteiger partial charge in [-0.05, 0) is 25.0 Å². The number of Topliss-reactive ketones (excluding diaryl/α,β-unsaturated/α-hetero) is 1. The van der Waals surface area contributed by atoms with Crippen molar-refractivity contribution in [2.75, 3.05) is 0 Å². The van der Waals surface area contributed by atoms with Crippen molar-refractivity contribution in [1.29, 1.82) is 0 Å². The molecule has 17 heavy (non-hydrogen) atoms. The second kappa shape index (κ2) is 4.82. The summed E-state index contributed by atoms with van der Waals surface area (Å²) < 4.78 is 5.42. The van der Waals surface area contributed by atoms with E-state index in [0.717, 1.165) is 12.6 Å². The monoisotopic (exact) mass is 236 g/mol. The van der Waals surface area contributed by atoms with Crippen LogP contribution in [-0.2, 0) is 0 Å². The van der Waals surface area contributed by atoms with Crippen molar-refractivity contribution in [2.45, 2.75) is 25.3 Å². The van der Waals surface area contributed by atoms with Gasteiger partial charge in [0.05, 0.1) is 6.26 Å². The molecule has 6 nitrogen and oxygen atoms in total. The van der Waals surface area contributed by atoms with E-state index in [4.69, 9.17) is 9.62 Å². The van der Waals surface area contributed by atoms with Gasteiger partial charge in [-0.3, -0.25) is 4.79 Å². The SMILES string of the molecule is O=C(/C=[N+](\[O-])C1CCC/C1=N\O)c1ccco1. The summed E-state index contributed by atoms with van der Waals surface area (Å²) in [5.41, 5.74) is 0.420. The summed E-state index contributed by atoms with van der Waals surface area (Å²) in [5, 5.41) is 23.5. The van der Waals surface area contributed by atoms with Crippen LogP contribution in [0.4, 0.5) is 0 Å². The minimum Gasteiger partial charge on any atom is -0.623 e. The van der Waals surface area contributed by atoms with Crippen LogP contribution >= 0.6 is 0 Å². The summed E-state index contributed by atoms with van der Waals surface area (Å²) in [4.78, 5) is 11.6. The fraction of sp³-hybridized carbons (Fsp3) is 0.364. The van der Waals surface area contributed by atoms with Gasteiger partial charge < -0.3 is 14.8 Å². The predicted octanol–water partition coefficient (Wildman–Crippen LogP) is 1.43. The Morgan fingerprint density at radius 3 is 3.18 bits per heavy atom. The Morgan fingerprint density at radius 2 is 2.53 bits per heavy atom. The van der Waals surface area contributed by atoms with Gasteiger partial charge >= 0.3 is 0 Å². The van der Waals surface area contributed by atoms with Gasteiger partial charge in [0.1, 0.15) is 5.71 Å². The lowest BCUT2D eigenvalue weighted by Crippen LogP contribution is -2.28. The van der Waals surface area contributed by atoms with Crippen LogP contribution in [0.1, 0.15) is 29.8 Å². The number of hydroxylamine groups is 1. The van der Waals surface area contributed by atoms with Crippen LogP contribution in [0.25, 0.3) is 0 Å². The summed E-state index contributed by atoms with van der Waals surface area (Å²) in [6.07, 6.45) is 4.26. The number of carbonyl (C=O) groups is 1. The molecule has 1 aromatic heterocycles. The van der Waals surface area contributed by atoms with Crippen LogP contribution in [-0.4, -0.2) is 33.7 Å². The zero-order valence-electron chi connectivity index (χ0n) is 9.07. The highest BCUT2D eigenvalue weighted by Gasteiger charge is 2.30. The highest BCUT2D eigenvalue weighted by molar-refractivity contribution is 6.32. The van der Waals surface area contributed by atoms with E-state index in [1.165, 1.54) is 12.3 Å². The lowest BCUT2D eigenvalue weighted by atomic mass is 10.2. The van der Waals surface area contributed by atoms with Gasteiger partial charge in [-0.15, -0.1) is 0 Å². The molecule has 1 unspecified atom stereocenters. The van der Waals surface area contributed by atoms with Crippen LogP contribution in [0.5, 0.6) is 0 Å². The average molecular weight is 236 g/mol. The number of ketones is 1. The first-order valence-electron chi connectivity index (χ1n) is 5.31. The van der Waals surface area contributed by atoms with Crippen molar-refractivity contribution in [2.24, 2.45) is 5.16 Å². The molecule has 1 heterocycles. The molecule has 2 rings (SSSR count). The molecule has 90 valence electrons. The lowest BCUT2D eigenvalue weighted by Gasteiger charge is -2.10. The molecule has 1 aliphatic rings. The van der Waals surface area contributed by atoms with Gasteiger partial charge in [-0.2, -0.15) is 4.74 Å². The van der Waals surface area contributed by atoms with E-state index in [9.17, 15) is 10.0 Å². The Kier molecular flexibility index (Phi) is 3.22. The summed E-state index contributed by atoms with van der Waals surface area (Å²) in [6.45, 7) is 0. The zero-order chi connectivity index (χ0) is 12.3. The molecule has 0 radical (unpaired) electrons. The standard InChI is InChI=1S/C11H12N2O4/c14-10(11-5-2-6-17-11)7-13(16)9-4-1-3-8(9)12-15/h2,5-7,9,15H,1,3-4H2/b12-8+,13-7-. The minimum absolute atomic E-state index is 0.117. The number of rotatable bonds is 3. The van der Waals surface area contributed by atoms with Crippen LogP contribution in [0.15, 0.2) is 28.0 Å².